The Hall–Kier alpha value is -1.64. The van der Waals surface area contributed by atoms with E-state index < -0.39 is 0 Å². The summed E-state index contributed by atoms with van der Waals surface area (Å²) in [5.41, 5.74) is 13.1. The highest BCUT2D eigenvalue weighted by atomic mass is 14.9. The van der Waals surface area contributed by atoms with E-state index in [0.717, 1.165) is 25.4 Å². The molecule has 0 spiro atoms. The molecule has 4 atom stereocenters. The SMILES string of the molecule is CC(C)c1ccc2c(c1)CCC1C(C)(CNCCC(N)c3ccccc3)CCCC21C. The summed E-state index contributed by atoms with van der Waals surface area (Å²) in [5.74, 6) is 1.36. The average Bonchev–Trinajstić information content (AvgIpc) is 2.76. The molecular formula is C29H42N2. The van der Waals surface area contributed by atoms with Crippen LogP contribution in [0.5, 0.6) is 0 Å². The number of nitrogens with two attached hydrogens (primary N) is 1. The normalized spacial score (nSPS) is 28.8. The van der Waals surface area contributed by atoms with Gasteiger partial charge in [-0.1, -0.05) is 82.6 Å². The first-order valence-corrected chi connectivity index (χ1v) is 12.5. The molecule has 3 N–H and O–H groups in total. The summed E-state index contributed by atoms with van der Waals surface area (Å²) in [7, 11) is 0. The van der Waals surface area contributed by atoms with E-state index in [1.165, 1.54) is 43.2 Å². The highest BCUT2D eigenvalue weighted by Crippen LogP contribution is 2.57. The molecule has 4 rings (SSSR count). The molecule has 0 aromatic heterocycles. The molecule has 168 valence electrons. The van der Waals surface area contributed by atoms with Crippen LogP contribution in [0, 0.1) is 11.3 Å². The Morgan fingerprint density at radius 3 is 2.55 bits per heavy atom. The predicted molar refractivity (Wildman–Crippen MR) is 133 cm³/mol. The van der Waals surface area contributed by atoms with Gasteiger partial charge in [0.25, 0.3) is 0 Å². The highest BCUT2D eigenvalue weighted by Gasteiger charge is 2.51. The van der Waals surface area contributed by atoms with Gasteiger partial charge in [-0.05, 0) is 83.6 Å². The molecule has 2 heteroatoms. The molecule has 1 saturated carbocycles. The van der Waals surface area contributed by atoms with Gasteiger partial charge in [0.15, 0.2) is 0 Å². The molecule has 31 heavy (non-hydrogen) atoms. The van der Waals surface area contributed by atoms with Crippen molar-refractivity contribution in [3.05, 3.63) is 70.8 Å². The van der Waals surface area contributed by atoms with Crippen LogP contribution in [0.3, 0.4) is 0 Å². The summed E-state index contributed by atoms with van der Waals surface area (Å²) in [5, 5.41) is 3.81. The van der Waals surface area contributed by atoms with Crippen molar-refractivity contribution in [1.82, 2.24) is 5.32 Å². The Balaban J connectivity index is 1.42. The number of nitrogens with one attached hydrogen (secondary N) is 1. The van der Waals surface area contributed by atoms with Gasteiger partial charge in [0.1, 0.15) is 0 Å². The van der Waals surface area contributed by atoms with E-state index in [1.54, 1.807) is 11.1 Å². The van der Waals surface area contributed by atoms with Gasteiger partial charge in [-0.2, -0.15) is 0 Å². The second-order valence-corrected chi connectivity index (χ2v) is 11.1. The number of hydrogen-bond acceptors (Lipinski definition) is 2. The minimum atomic E-state index is 0.120. The maximum atomic E-state index is 6.42. The van der Waals surface area contributed by atoms with E-state index in [9.17, 15) is 0 Å². The van der Waals surface area contributed by atoms with E-state index in [-0.39, 0.29) is 6.04 Å². The van der Waals surface area contributed by atoms with E-state index in [4.69, 9.17) is 5.73 Å². The standard InChI is InChI=1S/C29H42N2/c1-21(2)23-11-13-25-24(19-23)12-14-27-28(3,16-8-17-29(25,27)4)20-31-18-15-26(30)22-9-6-5-7-10-22/h5-7,9-11,13,19,21,26-27,31H,8,12,14-18,20,30H2,1-4H3. The third-order valence-corrected chi connectivity index (χ3v) is 8.56. The van der Waals surface area contributed by atoms with E-state index in [1.807, 2.05) is 0 Å². The first-order valence-electron chi connectivity index (χ1n) is 12.5. The molecule has 0 amide bonds. The molecule has 0 heterocycles. The van der Waals surface area contributed by atoms with Crippen LogP contribution in [0.2, 0.25) is 0 Å². The van der Waals surface area contributed by atoms with Crippen LogP contribution >= 0.6 is 0 Å². The largest absolute Gasteiger partial charge is 0.324 e. The van der Waals surface area contributed by atoms with Crippen LogP contribution in [0.25, 0.3) is 0 Å². The van der Waals surface area contributed by atoms with Crippen molar-refractivity contribution < 1.29 is 0 Å². The molecule has 0 radical (unpaired) electrons. The summed E-state index contributed by atoms with van der Waals surface area (Å²) < 4.78 is 0. The molecule has 0 saturated heterocycles. The lowest BCUT2D eigenvalue weighted by Gasteiger charge is -2.55. The molecule has 0 bridgehead atoms. The van der Waals surface area contributed by atoms with Crippen LogP contribution in [0.15, 0.2) is 48.5 Å². The fourth-order valence-electron chi connectivity index (χ4n) is 6.71. The van der Waals surface area contributed by atoms with Gasteiger partial charge in [-0.3, -0.25) is 0 Å². The minimum absolute atomic E-state index is 0.120. The zero-order valence-electron chi connectivity index (χ0n) is 20.1. The fourth-order valence-corrected chi connectivity index (χ4v) is 6.71. The van der Waals surface area contributed by atoms with Gasteiger partial charge in [0, 0.05) is 12.6 Å². The topological polar surface area (TPSA) is 38.0 Å². The van der Waals surface area contributed by atoms with E-state index >= 15 is 0 Å². The maximum Gasteiger partial charge on any atom is 0.0306 e. The first-order chi connectivity index (χ1) is 14.8. The lowest BCUT2D eigenvalue weighted by molar-refractivity contribution is 0.0259. The van der Waals surface area contributed by atoms with Crippen LogP contribution in [-0.2, 0) is 11.8 Å². The molecule has 2 aliphatic carbocycles. The Bertz CT molecular complexity index is 874. The smallest absolute Gasteiger partial charge is 0.0306 e. The molecule has 1 fully saturated rings. The van der Waals surface area contributed by atoms with Gasteiger partial charge < -0.3 is 11.1 Å². The van der Waals surface area contributed by atoms with Crippen LogP contribution in [0.1, 0.15) is 94.0 Å². The summed E-state index contributed by atoms with van der Waals surface area (Å²) in [6, 6.07) is 18.0. The average molecular weight is 419 g/mol. The second-order valence-electron chi connectivity index (χ2n) is 11.1. The number of fused-ring (bicyclic) bond motifs is 3. The molecule has 0 aliphatic heterocycles. The third-order valence-electron chi connectivity index (χ3n) is 8.56. The Labute approximate surface area is 190 Å². The van der Waals surface area contributed by atoms with Crippen LogP contribution in [0.4, 0.5) is 0 Å². The Morgan fingerprint density at radius 1 is 1.03 bits per heavy atom. The zero-order chi connectivity index (χ0) is 22.1. The molecule has 4 unspecified atom stereocenters. The maximum absolute atomic E-state index is 6.42. The molecular weight excluding hydrogens is 376 g/mol. The van der Waals surface area contributed by atoms with Gasteiger partial charge >= 0.3 is 0 Å². The molecule has 2 aliphatic rings. The number of rotatable bonds is 7. The molecule has 2 nitrogen and oxygen atoms in total. The molecule has 2 aromatic rings. The first kappa shape index (κ1) is 22.6. The van der Waals surface area contributed by atoms with Gasteiger partial charge in [0.05, 0.1) is 0 Å². The molecule has 2 aromatic carbocycles. The van der Waals surface area contributed by atoms with Crippen LogP contribution < -0.4 is 11.1 Å². The van der Waals surface area contributed by atoms with Crippen molar-refractivity contribution in [1.29, 1.82) is 0 Å². The minimum Gasteiger partial charge on any atom is -0.324 e. The predicted octanol–water partition coefficient (Wildman–Crippen LogP) is 6.50. The monoisotopic (exact) mass is 418 g/mol. The van der Waals surface area contributed by atoms with Crippen molar-refractivity contribution >= 4 is 0 Å². The van der Waals surface area contributed by atoms with Gasteiger partial charge in [0.2, 0.25) is 0 Å². The Morgan fingerprint density at radius 2 is 1.81 bits per heavy atom. The van der Waals surface area contributed by atoms with Crippen molar-refractivity contribution in [3.63, 3.8) is 0 Å². The van der Waals surface area contributed by atoms with Crippen LogP contribution in [-0.4, -0.2) is 13.1 Å². The highest BCUT2D eigenvalue weighted by molar-refractivity contribution is 5.42. The van der Waals surface area contributed by atoms with Crippen molar-refractivity contribution in [2.75, 3.05) is 13.1 Å². The summed E-state index contributed by atoms with van der Waals surface area (Å²) in [6.07, 6.45) is 7.56. The van der Waals surface area contributed by atoms with E-state index in [0.29, 0.717) is 16.7 Å². The summed E-state index contributed by atoms with van der Waals surface area (Å²) >= 11 is 0. The third kappa shape index (κ3) is 4.47. The number of hydrogen-bond donors (Lipinski definition) is 2. The number of benzene rings is 2. The van der Waals surface area contributed by atoms with Crippen molar-refractivity contribution in [3.8, 4) is 0 Å². The van der Waals surface area contributed by atoms with Gasteiger partial charge in [-0.15, -0.1) is 0 Å². The second kappa shape index (κ2) is 9.08. The lowest BCUT2D eigenvalue weighted by Crippen LogP contribution is -2.52. The lowest BCUT2D eigenvalue weighted by atomic mass is 9.49. The Kier molecular flexibility index (Phi) is 6.60. The zero-order valence-corrected chi connectivity index (χ0v) is 20.1. The van der Waals surface area contributed by atoms with Gasteiger partial charge in [-0.25, -0.2) is 0 Å². The quantitative estimate of drug-likeness (QED) is 0.504. The fraction of sp³-hybridized carbons (Fsp3) is 0.586. The number of aryl methyl sites for hydroxylation is 1. The summed E-state index contributed by atoms with van der Waals surface area (Å²) in [4.78, 5) is 0. The van der Waals surface area contributed by atoms with Crippen molar-refractivity contribution in [2.24, 2.45) is 17.1 Å². The van der Waals surface area contributed by atoms with Crippen molar-refractivity contribution in [2.45, 2.75) is 83.6 Å². The van der Waals surface area contributed by atoms with E-state index in [2.05, 4.69) is 81.5 Å². The summed E-state index contributed by atoms with van der Waals surface area (Å²) in [6.45, 7) is 11.8.